The van der Waals surface area contributed by atoms with E-state index in [9.17, 15) is 9.90 Å². The van der Waals surface area contributed by atoms with Gasteiger partial charge in [0.2, 0.25) is 0 Å². The first-order valence-corrected chi connectivity index (χ1v) is 4.78. The molecule has 0 aliphatic rings. The summed E-state index contributed by atoms with van der Waals surface area (Å²) < 4.78 is 0. The van der Waals surface area contributed by atoms with Crippen molar-refractivity contribution in [2.75, 3.05) is 0 Å². The summed E-state index contributed by atoms with van der Waals surface area (Å²) in [6.07, 6.45) is 0. The van der Waals surface area contributed by atoms with E-state index in [-0.39, 0.29) is 11.7 Å². The molecule has 76 valence electrons. The summed E-state index contributed by atoms with van der Waals surface area (Å²) in [6.45, 7) is 5.13. The fourth-order valence-corrected chi connectivity index (χ4v) is 1.47. The molecule has 0 aliphatic carbocycles. The maximum absolute atomic E-state index is 11.7. The third-order valence-corrected chi connectivity index (χ3v) is 2.34. The molecule has 14 heavy (non-hydrogen) atoms. The van der Waals surface area contributed by atoms with Crippen molar-refractivity contribution in [2.45, 2.75) is 26.4 Å². The molecule has 1 N–H and O–H groups in total. The maximum Gasteiger partial charge on any atom is 0.171 e. The number of aliphatic hydroxyl groups is 1. The van der Waals surface area contributed by atoms with Crippen LogP contribution in [0.25, 0.3) is 0 Å². The van der Waals surface area contributed by atoms with E-state index in [2.05, 4.69) is 0 Å². The van der Waals surface area contributed by atoms with Crippen LogP contribution in [0.15, 0.2) is 30.3 Å². The van der Waals surface area contributed by atoms with E-state index in [1.807, 2.05) is 18.2 Å². The maximum atomic E-state index is 11.7. The van der Waals surface area contributed by atoms with E-state index in [4.69, 9.17) is 0 Å². The lowest BCUT2D eigenvalue weighted by Crippen LogP contribution is -2.35. The van der Waals surface area contributed by atoms with Gasteiger partial charge in [-0.25, -0.2) is 0 Å². The van der Waals surface area contributed by atoms with E-state index < -0.39 is 5.60 Å². The summed E-state index contributed by atoms with van der Waals surface area (Å²) in [5.74, 6) is -0.311. The molecule has 0 radical (unpaired) electrons. The Morgan fingerprint density at radius 1 is 1.29 bits per heavy atom. The second-order valence-electron chi connectivity index (χ2n) is 3.96. The van der Waals surface area contributed by atoms with E-state index in [0.29, 0.717) is 5.56 Å². The number of hydrogen-bond donors (Lipinski definition) is 1. The Morgan fingerprint density at radius 2 is 1.79 bits per heavy atom. The van der Waals surface area contributed by atoms with E-state index >= 15 is 0 Å². The quantitative estimate of drug-likeness (QED) is 0.796. The van der Waals surface area contributed by atoms with Crippen molar-refractivity contribution >= 4 is 5.78 Å². The monoisotopic (exact) mass is 192 g/mol. The van der Waals surface area contributed by atoms with Gasteiger partial charge in [0.15, 0.2) is 5.78 Å². The molecule has 0 bridgehead atoms. The first-order chi connectivity index (χ1) is 6.46. The summed E-state index contributed by atoms with van der Waals surface area (Å²) in [5.41, 5.74) is -0.714. The van der Waals surface area contributed by atoms with E-state index in [1.54, 1.807) is 32.9 Å². The molecule has 0 heterocycles. The molecule has 1 atom stereocenters. The Hall–Kier alpha value is -1.15. The average Bonchev–Trinajstić information content (AvgIpc) is 2.18. The highest BCUT2D eigenvalue weighted by molar-refractivity contribution is 5.89. The molecule has 0 amide bonds. The van der Waals surface area contributed by atoms with Crippen LogP contribution in [0.3, 0.4) is 0 Å². The van der Waals surface area contributed by atoms with Gasteiger partial charge in [-0.05, 0) is 12.5 Å². The van der Waals surface area contributed by atoms with Crippen LogP contribution in [0.2, 0.25) is 0 Å². The molecule has 0 aromatic heterocycles. The van der Waals surface area contributed by atoms with Gasteiger partial charge in [-0.2, -0.15) is 0 Å². The molecule has 2 heteroatoms. The molecule has 1 unspecified atom stereocenters. The zero-order chi connectivity index (χ0) is 10.8. The molecule has 0 fully saturated rings. The van der Waals surface area contributed by atoms with Crippen LogP contribution >= 0.6 is 0 Å². The van der Waals surface area contributed by atoms with E-state index in [1.165, 1.54) is 0 Å². The second-order valence-corrected chi connectivity index (χ2v) is 3.96. The molecule has 1 rings (SSSR count). The molecule has 0 spiro atoms. The molecule has 0 saturated carbocycles. The van der Waals surface area contributed by atoms with Gasteiger partial charge in [0.25, 0.3) is 0 Å². The number of carbonyl (C=O) groups is 1. The largest absolute Gasteiger partial charge is 0.378 e. The highest BCUT2D eigenvalue weighted by Crippen LogP contribution is 2.24. The van der Waals surface area contributed by atoms with Crippen LogP contribution in [-0.2, 0) is 10.4 Å². The summed E-state index contributed by atoms with van der Waals surface area (Å²) in [6, 6.07) is 9.02. The normalized spacial score (nSPS) is 15.2. The van der Waals surface area contributed by atoms with Gasteiger partial charge in [0.05, 0.1) is 0 Å². The van der Waals surface area contributed by atoms with Crippen molar-refractivity contribution in [1.29, 1.82) is 0 Å². The van der Waals surface area contributed by atoms with Crippen LogP contribution in [0.1, 0.15) is 26.3 Å². The van der Waals surface area contributed by atoms with Gasteiger partial charge in [0.1, 0.15) is 5.60 Å². The fourth-order valence-electron chi connectivity index (χ4n) is 1.47. The predicted molar refractivity (Wildman–Crippen MR) is 55.9 cm³/mol. The molecule has 0 aliphatic heterocycles. The summed E-state index contributed by atoms with van der Waals surface area (Å²) in [7, 11) is 0. The minimum Gasteiger partial charge on any atom is -0.378 e. The van der Waals surface area contributed by atoms with Crippen molar-refractivity contribution in [3.8, 4) is 0 Å². The molecular formula is C12H16O2. The minimum absolute atomic E-state index is 0.149. The molecule has 1 aromatic carbocycles. The summed E-state index contributed by atoms with van der Waals surface area (Å²) in [4.78, 5) is 11.7. The third kappa shape index (κ3) is 2.02. The van der Waals surface area contributed by atoms with Crippen molar-refractivity contribution in [1.82, 2.24) is 0 Å². The number of hydrogen-bond acceptors (Lipinski definition) is 2. The number of Topliss-reactive ketones (excluding diaryl/α,β-unsaturated/α-hetero) is 1. The zero-order valence-corrected chi connectivity index (χ0v) is 8.82. The number of benzene rings is 1. The smallest absolute Gasteiger partial charge is 0.171 e. The summed E-state index contributed by atoms with van der Waals surface area (Å²) >= 11 is 0. The Balaban J connectivity index is 3.02. The van der Waals surface area contributed by atoms with Gasteiger partial charge in [-0.3, -0.25) is 4.79 Å². The van der Waals surface area contributed by atoms with Crippen LogP contribution in [0.5, 0.6) is 0 Å². The molecule has 0 saturated heterocycles. The molecule has 1 aromatic rings. The lowest BCUT2D eigenvalue weighted by atomic mass is 9.86. The number of ketones is 1. The highest BCUT2D eigenvalue weighted by atomic mass is 16.3. The first-order valence-electron chi connectivity index (χ1n) is 4.78. The van der Waals surface area contributed by atoms with Gasteiger partial charge >= 0.3 is 0 Å². The topological polar surface area (TPSA) is 37.3 Å². The third-order valence-electron chi connectivity index (χ3n) is 2.34. The average molecular weight is 192 g/mol. The Labute approximate surface area is 84.6 Å². The van der Waals surface area contributed by atoms with Gasteiger partial charge in [-0.15, -0.1) is 0 Å². The Morgan fingerprint density at radius 3 is 2.21 bits per heavy atom. The highest BCUT2D eigenvalue weighted by Gasteiger charge is 2.33. The SMILES string of the molecule is CC(C)C(=O)C(C)(O)c1ccccc1. The van der Waals surface area contributed by atoms with E-state index in [0.717, 1.165) is 0 Å². The molecule has 2 nitrogen and oxygen atoms in total. The van der Waals surface area contributed by atoms with Crippen LogP contribution in [-0.4, -0.2) is 10.9 Å². The Kier molecular flexibility index (Phi) is 3.06. The van der Waals surface area contributed by atoms with Crippen molar-refractivity contribution in [3.63, 3.8) is 0 Å². The lowest BCUT2D eigenvalue weighted by molar-refractivity contribution is -0.139. The van der Waals surface area contributed by atoms with Crippen LogP contribution in [0.4, 0.5) is 0 Å². The van der Waals surface area contributed by atoms with Gasteiger partial charge in [0, 0.05) is 5.92 Å². The van der Waals surface area contributed by atoms with Crippen molar-refractivity contribution < 1.29 is 9.90 Å². The second kappa shape index (κ2) is 3.93. The van der Waals surface area contributed by atoms with Crippen molar-refractivity contribution in [2.24, 2.45) is 5.92 Å². The van der Waals surface area contributed by atoms with Gasteiger partial charge in [-0.1, -0.05) is 44.2 Å². The van der Waals surface area contributed by atoms with Crippen LogP contribution in [0, 0.1) is 5.92 Å². The standard InChI is InChI=1S/C12H16O2/c1-9(2)11(13)12(3,14)10-7-5-4-6-8-10/h4-9,14H,1-3H3. The number of rotatable bonds is 3. The first kappa shape index (κ1) is 10.9. The van der Waals surface area contributed by atoms with Gasteiger partial charge < -0.3 is 5.11 Å². The van der Waals surface area contributed by atoms with Crippen LogP contribution < -0.4 is 0 Å². The predicted octanol–water partition coefficient (Wildman–Crippen LogP) is 2.12. The number of carbonyl (C=O) groups excluding carboxylic acids is 1. The Bertz CT molecular complexity index is 312. The summed E-state index contributed by atoms with van der Waals surface area (Å²) in [5, 5.41) is 10.1. The fraction of sp³-hybridized carbons (Fsp3) is 0.417. The minimum atomic E-state index is -1.37. The lowest BCUT2D eigenvalue weighted by Gasteiger charge is -2.24. The molecular weight excluding hydrogens is 176 g/mol. The van der Waals surface area contributed by atoms with Crippen molar-refractivity contribution in [3.05, 3.63) is 35.9 Å². The zero-order valence-electron chi connectivity index (χ0n) is 8.82.